The molecular formula is C18H31N3. The van der Waals surface area contributed by atoms with Crippen molar-refractivity contribution in [2.45, 2.75) is 64.8 Å². The van der Waals surface area contributed by atoms with E-state index in [0.717, 1.165) is 24.6 Å². The van der Waals surface area contributed by atoms with E-state index in [4.69, 9.17) is 5.73 Å². The van der Waals surface area contributed by atoms with Gasteiger partial charge in [-0.2, -0.15) is 0 Å². The van der Waals surface area contributed by atoms with Crippen LogP contribution in [0.5, 0.6) is 0 Å². The summed E-state index contributed by atoms with van der Waals surface area (Å²) in [5.41, 5.74) is 8.28. The zero-order valence-corrected chi connectivity index (χ0v) is 13.6. The third kappa shape index (κ3) is 4.44. The number of hydrogen-bond acceptors (Lipinski definition) is 3. The Hall–Kier alpha value is -1.09. The van der Waals surface area contributed by atoms with Gasteiger partial charge in [0.25, 0.3) is 0 Å². The van der Waals surface area contributed by atoms with Crippen LogP contribution in [0, 0.1) is 11.8 Å². The molecule has 0 amide bonds. The number of nitrogens with one attached hydrogen (secondary N) is 1. The molecule has 1 saturated carbocycles. The van der Waals surface area contributed by atoms with Crippen LogP contribution >= 0.6 is 0 Å². The standard InChI is InChI=1S/C18H31N3/c1-3-5-14-6-8-15(9-7-14)18(21-11-4-2)16-13-20-12-10-17(16)19/h10,12-15,18,21H,3-9,11H2,1-2H3,(H2,19,20). The molecule has 1 aliphatic rings. The number of hydrogen-bond donors (Lipinski definition) is 2. The first-order chi connectivity index (χ1) is 10.3. The van der Waals surface area contributed by atoms with Gasteiger partial charge in [0.1, 0.15) is 0 Å². The van der Waals surface area contributed by atoms with Gasteiger partial charge in [-0.15, -0.1) is 0 Å². The molecule has 1 heterocycles. The molecule has 0 saturated heterocycles. The van der Waals surface area contributed by atoms with E-state index in [1.165, 1.54) is 44.1 Å². The molecule has 0 bridgehead atoms. The van der Waals surface area contributed by atoms with Gasteiger partial charge in [-0.3, -0.25) is 4.98 Å². The lowest BCUT2D eigenvalue weighted by molar-refractivity contribution is 0.214. The van der Waals surface area contributed by atoms with Crippen molar-refractivity contribution in [2.75, 3.05) is 12.3 Å². The lowest BCUT2D eigenvalue weighted by Crippen LogP contribution is -2.32. The highest BCUT2D eigenvalue weighted by Gasteiger charge is 2.29. The molecule has 2 rings (SSSR count). The average Bonchev–Trinajstić information content (AvgIpc) is 2.51. The number of anilines is 1. The molecule has 3 nitrogen and oxygen atoms in total. The summed E-state index contributed by atoms with van der Waals surface area (Å²) < 4.78 is 0. The van der Waals surface area contributed by atoms with Gasteiger partial charge in [-0.05, 0) is 43.7 Å². The van der Waals surface area contributed by atoms with Crippen molar-refractivity contribution in [1.82, 2.24) is 10.3 Å². The molecule has 1 atom stereocenters. The smallest absolute Gasteiger partial charge is 0.0393 e. The summed E-state index contributed by atoms with van der Waals surface area (Å²) in [7, 11) is 0. The first kappa shape index (κ1) is 16.3. The van der Waals surface area contributed by atoms with Crippen molar-refractivity contribution in [1.29, 1.82) is 0 Å². The predicted molar refractivity (Wildman–Crippen MR) is 90.0 cm³/mol. The topological polar surface area (TPSA) is 50.9 Å². The molecule has 3 heteroatoms. The molecule has 21 heavy (non-hydrogen) atoms. The van der Waals surface area contributed by atoms with Gasteiger partial charge in [-0.25, -0.2) is 0 Å². The number of nitrogens with zero attached hydrogens (tertiary/aromatic N) is 1. The quantitative estimate of drug-likeness (QED) is 0.786. The first-order valence-corrected chi connectivity index (χ1v) is 8.69. The number of nitrogen functional groups attached to an aromatic ring is 1. The van der Waals surface area contributed by atoms with Gasteiger partial charge in [-0.1, -0.05) is 39.5 Å². The maximum atomic E-state index is 6.19. The lowest BCUT2D eigenvalue weighted by atomic mass is 9.75. The van der Waals surface area contributed by atoms with Crippen LogP contribution in [0.1, 0.15) is 70.4 Å². The second-order valence-corrected chi connectivity index (χ2v) is 6.51. The Balaban J connectivity index is 2.05. The highest BCUT2D eigenvalue weighted by Crippen LogP contribution is 2.39. The second kappa shape index (κ2) is 8.38. The summed E-state index contributed by atoms with van der Waals surface area (Å²) in [5, 5.41) is 3.72. The normalized spacial score (nSPS) is 23.9. The second-order valence-electron chi connectivity index (χ2n) is 6.51. The van der Waals surface area contributed by atoms with E-state index in [-0.39, 0.29) is 0 Å². The molecule has 1 aromatic rings. The first-order valence-electron chi connectivity index (χ1n) is 8.69. The van der Waals surface area contributed by atoms with E-state index in [0.29, 0.717) is 12.0 Å². The average molecular weight is 289 g/mol. The SMILES string of the molecule is CCCNC(c1cnccc1N)C1CCC(CCC)CC1. The molecule has 1 unspecified atom stereocenters. The van der Waals surface area contributed by atoms with E-state index >= 15 is 0 Å². The predicted octanol–water partition coefficient (Wildman–Crippen LogP) is 4.31. The Bertz CT molecular complexity index is 411. The van der Waals surface area contributed by atoms with Crippen LogP contribution in [0.25, 0.3) is 0 Å². The Kier molecular flexibility index (Phi) is 6.50. The van der Waals surface area contributed by atoms with E-state index in [1.807, 2.05) is 12.3 Å². The maximum absolute atomic E-state index is 6.19. The van der Waals surface area contributed by atoms with Crippen molar-refractivity contribution in [3.63, 3.8) is 0 Å². The van der Waals surface area contributed by atoms with Crippen LogP contribution < -0.4 is 11.1 Å². The fraction of sp³-hybridized carbons (Fsp3) is 0.722. The van der Waals surface area contributed by atoms with E-state index in [1.54, 1.807) is 6.20 Å². The van der Waals surface area contributed by atoms with Crippen LogP contribution in [-0.2, 0) is 0 Å². The van der Waals surface area contributed by atoms with Gasteiger partial charge in [0.2, 0.25) is 0 Å². The minimum atomic E-state index is 0.376. The Morgan fingerprint density at radius 2 is 2.00 bits per heavy atom. The largest absolute Gasteiger partial charge is 0.398 e. The lowest BCUT2D eigenvalue weighted by Gasteiger charge is -2.35. The molecule has 1 fully saturated rings. The molecule has 0 aliphatic heterocycles. The maximum Gasteiger partial charge on any atom is 0.0393 e. The highest BCUT2D eigenvalue weighted by molar-refractivity contribution is 5.46. The molecule has 1 aliphatic carbocycles. The van der Waals surface area contributed by atoms with Crippen LogP contribution in [-0.4, -0.2) is 11.5 Å². The van der Waals surface area contributed by atoms with Gasteiger partial charge in [0.05, 0.1) is 0 Å². The van der Waals surface area contributed by atoms with Gasteiger partial charge in [0.15, 0.2) is 0 Å². The van der Waals surface area contributed by atoms with Crippen molar-refractivity contribution in [3.8, 4) is 0 Å². The van der Waals surface area contributed by atoms with Crippen LogP contribution in [0.4, 0.5) is 5.69 Å². The van der Waals surface area contributed by atoms with Crippen LogP contribution in [0.2, 0.25) is 0 Å². The summed E-state index contributed by atoms with van der Waals surface area (Å²) in [6.07, 6.45) is 13.0. The van der Waals surface area contributed by atoms with Gasteiger partial charge >= 0.3 is 0 Å². The fourth-order valence-electron chi connectivity index (χ4n) is 3.73. The zero-order valence-electron chi connectivity index (χ0n) is 13.6. The molecule has 1 aromatic heterocycles. The fourth-order valence-corrected chi connectivity index (χ4v) is 3.73. The van der Waals surface area contributed by atoms with Crippen LogP contribution in [0.15, 0.2) is 18.5 Å². The number of rotatable bonds is 7. The number of pyridine rings is 1. The molecule has 118 valence electrons. The Morgan fingerprint density at radius 1 is 1.24 bits per heavy atom. The molecule has 3 N–H and O–H groups in total. The molecular weight excluding hydrogens is 258 g/mol. The van der Waals surface area contributed by atoms with Crippen molar-refractivity contribution < 1.29 is 0 Å². The highest BCUT2D eigenvalue weighted by atomic mass is 14.9. The monoisotopic (exact) mass is 289 g/mol. The zero-order chi connectivity index (χ0) is 15.1. The van der Waals surface area contributed by atoms with Crippen LogP contribution in [0.3, 0.4) is 0 Å². The third-order valence-corrected chi connectivity index (χ3v) is 4.90. The summed E-state index contributed by atoms with van der Waals surface area (Å²) in [6, 6.07) is 2.31. The minimum Gasteiger partial charge on any atom is -0.398 e. The summed E-state index contributed by atoms with van der Waals surface area (Å²) in [5.74, 6) is 1.65. The Morgan fingerprint density at radius 3 is 2.62 bits per heavy atom. The van der Waals surface area contributed by atoms with Crippen molar-refractivity contribution in [2.24, 2.45) is 11.8 Å². The van der Waals surface area contributed by atoms with E-state index in [9.17, 15) is 0 Å². The molecule has 0 aromatic carbocycles. The number of aromatic nitrogens is 1. The van der Waals surface area contributed by atoms with Gasteiger partial charge in [0, 0.05) is 29.7 Å². The van der Waals surface area contributed by atoms with E-state index in [2.05, 4.69) is 24.1 Å². The summed E-state index contributed by atoms with van der Waals surface area (Å²) in [4.78, 5) is 4.29. The Labute approximate surface area is 129 Å². The third-order valence-electron chi connectivity index (χ3n) is 4.90. The molecule has 0 radical (unpaired) electrons. The van der Waals surface area contributed by atoms with E-state index < -0.39 is 0 Å². The summed E-state index contributed by atoms with van der Waals surface area (Å²) in [6.45, 7) is 5.57. The number of nitrogens with two attached hydrogens (primary N) is 1. The summed E-state index contributed by atoms with van der Waals surface area (Å²) >= 11 is 0. The van der Waals surface area contributed by atoms with Crippen molar-refractivity contribution in [3.05, 3.63) is 24.0 Å². The minimum absolute atomic E-state index is 0.376. The van der Waals surface area contributed by atoms with Crippen molar-refractivity contribution >= 4 is 5.69 Å². The van der Waals surface area contributed by atoms with Gasteiger partial charge < -0.3 is 11.1 Å². The molecule has 0 spiro atoms.